The SMILES string of the molecule is CC(=O)C(C=O)C(c1ccccc1)c1c[nH]c2ccccc12. The summed E-state index contributed by atoms with van der Waals surface area (Å²) in [6, 6.07) is 17.6. The lowest BCUT2D eigenvalue weighted by atomic mass is 9.79. The quantitative estimate of drug-likeness (QED) is 0.575. The molecule has 0 aliphatic carbocycles. The van der Waals surface area contributed by atoms with Crippen molar-refractivity contribution < 1.29 is 9.59 Å². The van der Waals surface area contributed by atoms with Crippen LogP contribution in [0, 0.1) is 5.92 Å². The second-order valence-corrected chi connectivity index (χ2v) is 5.45. The number of rotatable bonds is 5. The van der Waals surface area contributed by atoms with Crippen LogP contribution in [-0.2, 0) is 9.59 Å². The number of Topliss-reactive ketones (excluding diaryl/α,β-unsaturated/α-hetero) is 1. The van der Waals surface area contributed by atoms with Crippen molar-refractivity contribution in [2.24, 2.45) is 5.92 Å². The lowest BCUT2D eigenvalue weighted by molar-refractivity contribution is -0.126. The van der Waals surface area contributed by atoms with Gasteiger partial charge in [-0.05, 0) is 24.1 Å². The van der Waals surface area contributed by atoms with Gasteiger partial charge in [-0.25, -0.2) is 0 Å². The Bertz CT molecular complexity index is 804. The van der Waals surface area contributed by atoms with Crippen LogP contribution in [0.3, 0.4) is 0 Å². The molecule has 2 unspecified atom stereocenters. The maximum Gasteiger partial charge on any atom is 0.140 e. The van der Waals surface area contributed by atoms with Gasteiger partial charge in [0.1, 0.15) is 12.1 Å². The molecule has 3 nitrogen and oxygen atoms in total. The summed E-state index contributed by atoms with van der Waals surface area (Å²) in [6.07, 6.45) is 2.67. The number of nitrogens with one attached hydrogen (secondary N) is 1. The van der Waals surface area contributed by atoms with Crippen molar-refractivity contribution in [3.8, 4) is 0 Å². The fourth-order valence-corrected chi connectivity index (χ4v) is 3.00. The van der Waals surface area contributed by atoms with Gasteiger partial charge >= 0.3 is 0 Å². The third-order valence-electron chi connectivity index (χ3n) is 4.09. The Kier molecular flexibility index (Phi) is 3.88. The van der Waals surface area contributed by atoms with E-state index in [4.69, 9.17) is 0 Å². The van der Waals surface area contributed by atoms with Gasteiger partial charge in [0.05, 0.1) is 5.92 Å². The standard InChI is InChI=1S/C19H17NO2/c1-13(22)17(12-21)19(14-7-3-2-4-8-14)16-11-20-18-10-6-5-9-15(16)18/h2-12,17,19-20H,1H3. The van der Waals surface area contributed by atoms with E-state index in [2.05, 4.69) is 4.98 Å². The summed E-state index contributed by atoms with van der Waals surface area (Å²) in [5.74, 6) is -1.07. The molecule has 22 heavy (non-hydrogen) atoms. The molecule has 0 amide bonds. The fourth-order valence-electron chi connectivity index (χ4n) is 3.00. The summed E-state index contributed by atoms with van der Waals surface area (Å²) >= 11 is 0. The predicted molar refractivity (Wildman–Crippen MR) is 86.8 cm³/mol. The largest absolute Gasteiger partial charge is 0.361 e. The highest BCUT2D eigenvalue weighted by Gasteiger charge is 2.30. The zero-order valence-electron chi connectivity index (χ0n) is 12.3. The van der Waals surface area contributed by atoms with E-state index in [1.54, 1.807) is 0 Å². The first-order valence-electron chi connectivity index (χ1n) is 7.29. The van der Waals surface area contributed by atoms with Crippen LogP contribution in [0.4, 0.5) is 0 Å². The molecule has 0 aliphatic rings. The Hall–Kier alpha value is -2.68. The van der Waals surface area contributed by atoms with Gasteiger partial charge in [-0.15, -0.1) is 0 Å². The topological polar surface area (TPSA) is 49.9 Å². The van der Waals surface area contributed by atoms with E-state index in [0.29, 0.717) is 0 Å². The molecule has 0 spiro atoms. The summed E-state index contributed by atoms with van der Waals surface area (Å²) in [7, 11) is 0. The van der Waals surface area contributed by atoms with Crippen LogP contribution < -0.4 is 0 Å². The van der Waals surface area contributed by atoms with Crippen molar-refractivity contribution in [1.29, 1.82) is 0 Å². The second-order valence-electron chi connectivity index (χ2n) is 5.45. The number of aromatic nitrogens is 1. The van der Waals surface area contributed by atoms with E-state index < -0.39 is 5.92 Å². The summed E-state index contributed by atoms with van der Waals surface area (Å²) in [5, 5.41) is 1.05. The minimum Gasteiger partial charge on any atom is -0.361 e. The van der Waals surface area contributed by atoms with E-state index in [1.807, 2.05) is 60.8 Å². The van der Waals surface area contributed by atoms with Gasteiger partial charge in [0.25, 0.3) is 0 Å². The Morgan fingerprint density at radius 2 is 1.73 bits per heavy atom. The maximum atomic E-state index is 12.0. The zero-order valence-corrected chi connectivity index (χ0v) is 12.3. The number of carbonyl (C=O) groups excluding carboxylic acids is 2. The molecular formula is C19H17NO2. The number of fused-ring (bicyclic) bond motifs is 1. The van der Waals surface area contributed by atoms with Crippen LogP contribution in [-0.4, -0.2) is 17.1 Å². The van der Waals surface area contributed by atoms with E-state index in [9.17, 15) is 9.59 Å². The van der Waals surface area contributed by atoms with Crippen molar-refractivity contribution in [3.05, 3.63) is 71.9 Å². The van der Waals surface area contributed by atoms with Gasteiger partial charge in [-0.2, -0.15) is 0 Å². The molecule has 2 aromatic carbocycles. The Balaban J connectivity index is 2.21. The van der Waals surface area contributed by atoms with E-state index in [-0.39, 0.29) is 11.7 Å². The first-order valence-corrected chi connectivity index (χ1v) is 7.29. The first-order chi connectivity index (χ1) is 10.7. The molecule has 110 valence electrons. The molecular weight excluding hydrogens is 274 g/mol. The Labute approximate surface area is 129 Å². The molecule has 1 heterocycles. The third-order valence-corrected chi connectivity index (χ3v) is 4.09. The smallest absolute Gasteiger partial charge is 0.140 e. The maximum absolute atomic E-state index is 12.0. The number of para-hydroxylation sites is 1. The van der Waals surface area contributed by atoms with Crippen LogP contribution in [0.2, 0.25) is 0 Å². The molecule has 1 N–H and O–H groups in total. The van der Waals surface area contributed by atoms with Crippen molar-refractivity contribution in [3.63, 3.8) is 0 Å². The van der Waals surface area contributed by atoms with Crippen molar-refractivity contribution in [1.82, 2.24) is 4.98 Å². The molecule has 2 atom stereocenters. The van der Waals surface area contributed by atoms with Crippen LogP contribution in [0.15, 0.2) is 60.8 Å². The number of hydrogen-bond donors (Lipinski definition) is 1. The molecule has 0 bridgehead atoms. The van der Waals surface area contributed by atoms with Crippen LogP contribution in [0.5, 0.6) is 0 Å². The highest BCUT2D eigenvalue weighted by Crippen LogP contribution is 2.36. The summed E-state index contributed by atoms with van der Waals surface area (Å²) in [5.41, 5.74) is 2.96. The van der Waals surface area contributed by atoms with Gasteiger partial charge in [0.2, 0.25) is 0 Å². The Morgan fingerprint density at radius 1 is 1.05 bits per heavy atom. The van der Waals surface area contributed by atoms with Crippen LogP contribution >= 0.6 is 0 Å². The van der Waals surface area contributed by atoms with E-state index in [0.717, 1.165) is 28.3 Å². The number of ketones is 1. The molecule has 0 saturated carbocycles. The number of benzene rings is 2. The third kappa shape index (κ3) is 2.46. The molecule has 3 aromatic rings. The van der Waals surface area contributed by atoms with Gasteiger partial charge in [0.15, 0.2) is 0 Å². The van der Waals surface area contributed by atoms with Crippen LogP contribution in [0.1, 0.15) is 24.0 Å². The molecule has 3 rings (SSSR count). The average Bonchev–Trinajstić information content (AvgIpc) is 2.96. The number of H-pyrrole nitrogens is 1. The molecule has 0 fully saturated rings. The van der Waals surface area contributed by atoms with Gasteiger partial charge in [-0.1, -0.05) is 48.5 Å². The first kappa shape index (κ1) is 14.3. The summed E-state index contributed by atoms with van der Waals surface area (Å²) in [6.45, 7) is 1.48. The highest BCUT2D eigenvalue weighted by molar-refractivity contribution is 5.95. The summed E-state index contributed by atoms with van der Waals surface area (Å²) in [4.78, 5) is 26.8. The average molecular weight is 291 g/mol. The van der Waals surface area contributed by atoms with Gasteiger partial charge in [-0.3, -0.25) is 4.79 Å². The second kappa shape index (κ2) is 5.98. The monoisotopic (exact) mass is 291 g/mol. The zero-order chi connectivity index (χ0) is 15.5. The van der Waals surface area contributed by atoms with Gasteiger partial charge < -0.3 is 9.78 Å². The van der Waals surface area contributed by atoms with Crippen molar-refractivity contribution in [2.75, 3.05) is 0 Å². The molecule has 0 saturated heterocycles. The number of carbonyl (C=O) groups is 2. The van der Waals surface area contributed by atoms with Crippen molar-refractivity contribution in [2.45, 2.75) is 12.8 Å². The predicted octanol–water partition coefficient (Wildman–Crippen LogP) is 3.70. The van der Waals surface area contributed by atoms with Gasteiger partial charge in [0, 0.05) is 23.0 Å². The summed E-state index contributed by atoms with van der Waals surface area (Å²) < 4.78 is 0. The normalized spacial score (nSPS) is 13.7. The number of aromatic amines is 1. The lowest BCUT2D eigenvalue weighted by Crippen LogP contribution is -2.22. The highest BCUT2D eigenvalue weighted by atomic mass is 16.1. The van der Waals surface area contributed by atoms with E-state index in [1.165, 1.54) is 6.92 Å². The molecule has 3 heteroatoms. The Morgan fingerprint density at radius 3 is 2.41 bits per heavy atom. The fraction of sp³-hybridized carbons (Fsp3) is 0.158. The minimum absolute atomic E-state index is 0.117. The number of aldehydes is 1. The van der Waals surface area contributed by atoms with Crippen molar-refractivity contribution >= 4 is 23.0 Å². The van der Waals surface area contributed by atoms with Crippen LogP contribution in [0.25, 0.3) is 10.9 Å². The lowest BCUT2D eigenvalue weighted by Gasteiger charge is -2.21. The minimum atomic E-state index is -0.679. The molecule has 1 aromatic heterocycles. The number of hydrogen-bond acceptors (Lipinski definition) is 2. The molecule has 0 radical (unpaired) electrons. The molecule has 0 aliphatic heterocycles. The van der Waals surface area contributed by atoms with E-state index >= 15 is 0 Å².